The maximum atomic E-state index is 12.7. The molecule has 0 aromatic rings. The first-order valence-corrected chi connectivity index (χ1v) is 7.96. The maximum absolute atomic E-state index is 12.7. The van der Waals surface area contributed by atoms with Gasteiger partial charge in [-0.05, 0) is 32.7 Å². The van der Waals surface area contributed by atoms with Crippen LogP contribution in [0.25, 0.3) is 0 Å². The second-order valence-corrected chi connectivity index (χ2v) is 6.30. The van der Waals surface area contributed by atoms with Crippen molar-refractivity contribution in [1.29, 1.82) is 0 Å². The van der Waals surface area contributed by atoms with E-state index in [-0.39, 0.29) is 12.1 Å². The van der Waals surface area contributed by atoms with Gasteiger partial charge in [0, 0.05) is 32.2 Å². The average Bonchev–Trinajstić information content (AvgIpc) is 2.46. The molecule has 6 nitrogen and oxygen atoms in total. The molecule has 0 saturated carbocycles. The normalized spacial score (nSPS) is 27.9. The second kappa shape index (κ2) is 6.64. The van der Waals surface area contributed by atoms with Crippen LogP contribution in [0.2, 0.25) is 0 Å². The van der Waals surface area contributed by atoms with Gasteiger partial charge in [0.1, 0.15) is 6.04 Å². The van der Waals surface area contributed by atoms with Crippen LogP contribution in [0, 0.1) is 0 Å². The Bertz CT molecular complexity index is 402. The molecule has 2 aliphatic rings. The van der Waals surface area contributed by atoms with Gasteiger partial charge in [-0.2, -0.15) is 0 Å². The zero-order valence-electron chi connectivity index (χ0n) is 13.3. The fourth-order valence-electron chi connectivity index (χ4n) is 3.57. The number of carbonyl (C=O) groups is 2. The first-order valence-electron chi connectivity index (χ1n) is 7.96. The third kappa shape index (κ3) is 3.31. The third-order valence-corrected chi connectivity index (χ3v) is 4.87. The number of piperazine rings is 1. The van der Waals surface area contributed by atoms with Crippen LogP contribution in [0.3, 0.4) is 0 Å². The van der Waals surface area contributed by atoms with Crippen LogP contribution in [0.4, 0.5) is 4.79 Å². The lowest BCUT2D eigenvalue weighted by atomic mass is 9.97. The number of carboxylic acids is 1. The number of carbonyl (C=O) groups excluding carboxylic acids is 1. The minimum Gasteiger partial charge on any atom is -0.480 e. The molecule has 0 spiro atoms. The molecule has 1 N–H and O–H groups in total. The van der Waals surface area contributed by atoms with Gasteiger partial charge in [-0.3, -0.25) is 4.90 Å². The van der Waals surface area contributed by atoms with E-state index in [4.69, 9.17) is 0 Å². The Hall–Kier alpha value is -1.30. The van der Waals surface area contributed by atoms with Gasteiger partial charge in [0.25, 0.3) is 0 Å². The Morgan fingerprint density at radius 1 is 1.33 bits per heavy atom. The molecule has 3 atom stereocenters. The van der Waals surface area contributed by atoms with Gasteiger partial charge in [-0.25, -0.2) is 9.59 Å². The predicted octanol–water partition coefficient (Wildman–Crippen LogP) is 1.46. The molecule has 2 amide bonds. The van der Waals surface area contributed by atoms with Crippen molar-refractivity contribution in [3.8, 4) is 0 Å². The second-order valence-electron chi connectivity index (χ2n) is 6.30. The highest BCUT2D eigenvalue weighted by atomic mass is 16.4. The SMILES string of the molecule is CCC(C(=O)O)N(C)C(=O)N1CC2CCCCN2CC1C. The van der Waals surface area contributed by atoms with Gasteiger partial charge < -0.3 is 14.9 Å². The predicted molar refractivity (Wildman–Crippen MR) is 80.3 cm³/mol. The number of urea groups is 1. The van der Waals surface area contributed by atoms with E-state index in [9.17, 15) is 14.7 Å². The van der Waals surface area contributed by atoms with E-state index in [1.54, 1.807) is 14.0 Å². The number of hydrogen-bond acceptors (Lipinski definition) is 3. The molecule has 6 heteroatoms. The van der Waals surface area contributed by atoms with E-state index in [2.05, 4.69) is 11.8 Å². The van der Waals surface area contributed by atoms with Gasteiger partial charge in [0.2, 0.25) is 0 Å². The van der Waals surface area contributed by atoms with E-state index < -0.39 is 12.0 Å². The molecule has 0 aromatic heterocycles. The summed E-state index contributed by atoms with van der Waals surface area (Å²) in [5.41, 5.74) is 0. The van der Waals surface area contributed by atoms with Crippen molar-refractivity contribution in [3.05, 3.63) is 0 Å². The van der Waals surface area contributed by atoms with Crippen molar-refractivity contribution >= 4 is 12.0 Å². The van der Waals surface area contributed by atoms with E-state index >= 15 is 0 Å². The summed E-state index contributed by atoms with van der Waals surface area (Å²) in [6.07, 6.45) is 4.03. The highest BCUT2D eigenvalue weighted by Crippen LogP contribution is 2.25. The molecule has 2 heterocycles. The Kier molecular flexibility index (Phi) is 5.08. The van der Waals surface area contributed by atoms with Gasteiger partial charge in [-0.1, -0.05) is 13.3 Å². The lowest BCUT2D eigenvalue weighted by molar-refractivity contribution is -0.142. The maximum Gasteiger partial charge on any atom is 0.326 e. The summed E-state index contributed by atoms with van der Waals surface area (Å²) in [7, 11) is 1.60. The van der Waals surface area contributed by atoms with Crippen molar-refractivity contribution < 1.29 is 14.7 Å². The molecule has 2 saturated heterocycles. The van der Waals surface area contributed by atoms with Crippen molar-refractivity contribution in [2.24, 2.45) is 0 Å². The quantitative estimate of drug-likeness (QED) is 0.856. The average molecular weight is 297 g/mol. The molecule has 0 aromatic carbocycles. The fraction of sp³-hybridized carbons (Fsp3) is 0.867. The van der Waals surface area contributed by atoms with Gasteiger partial charge in [0.15, 0.2) is 0 Å². The Labute approximate surface area is 126 Å². The molecular formula is C15H27N3O3. The fourth-order valence-corrected chi connectivity index (χ4v) is 3.57. The number of fused-ring (bicyclic) bond motifs is 1. The molecule has 2 aliphatic heterocycles. The van der Waals surface area contributed by atoms with Gasteiger partial charge in [-0.15, -0.1) is 0 Å². The Morgan fingerprint density at radius 3 is 2.67 bits per heavy atom. The number of nitrogens with zero attached hydrogens (tertiary/aromatic N) is 3. The standard InChI is InChI=1S/C15H27N3O3/c1-4-13(14(19)20)16(3)15(21)18-10-12-7-5-6-8-17(12)9-11(18)2/h11-13H,4-10H2,1-3H3,(H,19,20). The topological polar surface area (TPSA) is 64.1 Å². The number of amides is 2. The van der Waals surface area contributed by atoms with Crippen LogP contribution in [0.15, 0.2) is 0 Å². The molecule has 0 aliphatic carbocycles. The minimum atomic E-state index is -0.933. The van der Waals surface area contributed by atoms with Gasteiger partial charge >= 0.3 is 12.0 Å². The number of likely N-dealkylation sites (N-methyl/N-ethyl adjacent to an activating group) is 1. The van der Waals surface area contributed by atoms with Crippen LogP contribution >= 0.6 is 0 Å². The number of hydrogen-bond donors (Lipinski definition) is 1. The molecule has 21 heavy (non-hydrogen) atoms. The largest absolute Gasteiger partial charge is 0.480 e. The summed E-state index contributed by atoms with van der Waals surface area (Å²) >= 11 is 0. The van der Waals surface area contributed by atoms with Gasteiger partial charge in [0.05, 0.1) is 0 Å². The Balaban J connectivity index is 2.05. The summed E-state index contributed by atoms with van der Waals surface area (Å²) < 4.78 is 0. The van der Waals surface area contributed by atoms with Crippen LogP contribution in [0.5, 0.6) is 0 Å². The zero-order valence-corrected chi connectivity index (χ0v) is 13.3. The highest BCUT2D eigenvalue weighted by molar-refractivity contribution is 5.82. The molecule has 3 unspecified atom stereocenters. The highest BCUT2D eigenvalue weighted by Gasteiger charge is 2.38. The summed E-state index contributed by atoms with van der Waals surface area (Å²) in [6.45, 7) is 6.59. The summed E-state index contributed by atoms with van der Waals surface area (Å²) in [4.78, 5) is 29.6. The molecule has 120 valence electrons. The van der Waals surface area contributed by atoms with Crippen molar-refractivity contribution in [1.82, 2.24) is 14.7 Å². The summed E-state index contributed by atoms with van der Waals surface area (Å²) in [5.74, 6) is -0.933. The minimum absolute atomic E-state index is 0.139. The Morgan fingerprint density at radius 2 is 2.05 bits per heavy atom. The van der Waals surface area contributed by atoms with E-state index in [0.717, 1.165) is 26.1 Å². The smallest absolute Gasteiger partial charge is 0.326 e. The van der Waals surface area contributed by atoms with Crippen LogP contribution < -0.4 is 0 Å². The number of piperidine rings is 1. The summed E-state index contributed by atoms with van der Waals surface area (Å²) in [5, 5.41) is 9.22. The number of aliphatic carboxylic acids is 1. The lowest BCUT2D eigenvalue weighted by Gasteiger charge is -2.48. The van der Waals surface area contributed by atoms with Crippen molar-refractivity contribution in [2.45, 2.75) is 57.7 Å². The van der Waals surface area contributed by atoms with E-state index in [1.807, 2.05) is 4.90 Å². The van der Waals surface area contributed by atoms with Crippen LogP contribution in [-0.2, 0) is 4.79 Å². The summed E-state index contributed by atoms with van der Waals surface area (Å²) in [6, 6.07) is -0.311. The van der Waals surface area contributed by atoms with E-state index in [0.29, 0.717) is 12.5 Å². The number of rotatable bonds is 3. The molecule has 0 radical (unpaired) electrons. The van der Waals surface area contributed by atoms with Crippen LogP contribution in [0.1, 0.15) is 39.5 Å². The monoisotopic (exact) mass is 297 g/mol. The molecule has 2 rings (SSSR count). The van der Waals surface area contributed by atoms with Crippen LogP contribution in [-0.4, -0.2) is 76.6 Å². The zero-order chi connectivity index (χ0) is 15.6. The first-order chi connectivity index (χ1) is 9.95. The van der Waals surface area contributed by atoms with Crippen molar-refractivity contribution in [3.63, 3.8) is 0 Å². The number of carboxylic acid groups (broad SMARTS) is 1. The first kappa shape index (κ1) is 16.1. The molecule has 0 bridgehead atoms. The van der Waals surface area contributed by atoms with E-state index in [1.165, 1.54) is 17.7 Å². The van der Waals surface area contributed by atoms with Crippen molar-refractivity contribution in [2.75, 3.05) is 26.7 Å². The molecule has 2 fully saturated rings. The molecular weight excluding hydrogens is 270 g/mol. The lowest BCUT2D eigenvalue weighted by Crippen LogP contribution is -2.62. The third-order valence-electron chi connectivity index (χ3n) is 4.87.